The standard InChI is InChI=1S/C13H28N2O2/c1-12(2)14-9-7-8-13(17)15(3)10-5-4-6-11-16/h12,14,16H,4-11H2,1-3H3. The van der Waals surface area contributed by atoms with Gasteiger partial charge < -0.3 is 15.3 Å². The van der Waals surface area contributed by atoms with E-state index in [1.807, 2.05) is 7.05 Å². The number of aliphatic hydroxyl groups excluding tert-OH is 1. The normalized spacial score (nSPS) is 10.9. The first-order valence-corrected chi connectivity index (χ1v) is 6.66. The quantitative estimate of drug-likeness (QED) is 0.571. The lowest BCUT2D eigenvalue weighted by atomic mass is 10.2. The van der Waals surface area contributed by atoms with E-state index in [1.54, 1.807) is 4.90 Å². The number of carbonyl (C=O) groups excluding carboxylic acids is 1. The maximum absolute atomic E-state index is 11.7. The third kappa shape index (κ3) is 10.3. The van der Waals surface area contributed by atoms with Crippen LogP contribution in [0.4, 0.5) is 0 Å². The average Bonchev–Trinajstić information content (AvgIpc) is 2.29. The molecular formula is C13H28N2O2. The van der Waals surface area contributed by atoms with Crippen molar-refractivity contribution in [2.75, 3.05) is 26.7 Å². The van der Waals surface area contributed by atoms with Crippen molar-refractivity contribution >= 4 is 5.91 Å². The highest BCUT2D eigenvalue weighted by atomic mass is 16.2. The van der Waals surface area contributed by atoms with Gasteiger partial charge in [0.05, 0.1) is 0 Å². The van der Waals surface area contributed by atoms with Crippen LogP contribution in [0.3, 0.4) is 0 Å². The van der Waals surface area contributed by atoms with Gasteiger partial charge in [-0.05, 0) is 32.2 Å². The topological polar surface area (TPSA) is 52.6 Å². The molecule has 0 aliphatic heterocycles. The van der Waals surface area contributed by atoms with Gasteiger partial charge in [-0.25, -0.2) is 0 Å². The van der Waals surface area contributed by atoms with Gasteiger partial charge in [-0.2, -0.15) is 0 Å². The van der Waals surface area contributed by atoms with Gasteiger partial charge in [0, 0.05) is 32.7 Å². The van der Waals surface area contributed by atoms with Crippen LogP contribution in [0.2, 0.25) is 0 Å². The van der Waals surface area contributed by atoms with Gasteiger partial charge in [0.25, 0.3) is 0 Å². The van der Waals surface area contributed by atoms with Crippen molar-refractivity contribution in [3.05, 3.63) is 0 Å². The van der Waals surface area contributed by atoms with Gasteiger partial charge in [0.2, 0.25) is 5.91 Å². The number of nitrogens with zero attached hydrogens (tertiary/aromatic N) is 1. The van der Waals surface area contributed by atoms with Crippen LogP contribution in [-0.2, 0) is 4.79 Å². The fraction of sp³-hybridized carbons (Fsp3) is 0.923. The largest absolute Gasteiger partial charge is 0.396 e. The molecule has 17 heavy (non-hydrogen) atoms. The number of nitrogens with one attached hydrogen (secondary N) is 1. The van der Waals surface area contributed by atoms with Crippen molar-refractivity contribution in [3.8, 4) is 0 Å². The van der Waals surface area contributed by atoms with Crippen LogP contribution < -0.4 is 5.32 Å². The molecule has 0 aliphatic carbocycles. The van der Waals surface area contributed by atoms with Crippen LogP contribution in [-0.4, -0.2) is 48.7 Å². The van der Waals surface area contributed by atoms with Crippen molar-refractivity contribution in [2.24, 2.45) is 0 Å². The molecule has 2 N–H and O–H groups in total. The highest BCUT2D eigenvalue weighted by Gasteiger charge is 2.07. The summed E-state index contributed by atoms with van der Waals surface area (Å²) in [4.78, 5) is 13.5. The maximum atomic E-state index is 11.7. The minimum atomic E-state index is 0.222. The summed E-state index contributed by atoms with van der Waals surface area (Å²) < 4.78 is 0. The Balaban J connectivity index is 3.47. The Bertz CT molecular complexity index is 196. The molecule has 0 heterocycles. The minimum Gasteiger partial charge on any atom is -0.396 e. The lowest BCUT2D eigenvalue weighted by molar-refractivity contribution is -0.130. The van der Waals surface area contributed by atoms with E-state index in [-0.39, 0.29) is 12.5 Å². The second-order valence-corrected chi connectivity index (χ2v) is 4.81. The summed E-state index contributed by atoms with van der Waals surface area (Å²) >= 11 is 0. The minimum absolute atomic E-state index is 0.222. The van der Waals surface area contributed by atoms with Crippen molar-refractivity contribution in [1.82, 2.24) is 10.2 Å². The Morgan fingerprint density at radius 2 is 1.94 bits per heavy atom. The van der Waals surface area contributed by atoms with Gasteiger partial charge in [0.15, 0.2) is 0 Å². The molecule has 0 atom stereocenters. The summed E-state index contributed by atoms with van der Waals surface area (Å²) in [6, 6.07) is 0.487. The molecule has 102 valence electrons. The molecule has 0 saturated heterocycles. The van der Waals surface area contributed by atoms with E-state index >= 15 is 0 Å². The van der Waals surface area contributed by atoms with Crippen molar-refractivity contribution in [1.29, 1.82) is 0 Å². The zero-order chi connectivity index (χ0) is 13.1. The van der Waals surface area contributed by atoms with E-state index in [0.717, 1.165) is 38.8 Å². The zero-order valence-electron chi connectivity index (χ0n) is 11.5. The smallest absolute Gasteiger partial charge is 0.222 e. The number of amides is 1. The fourth-order valence-corrected chi connectivity index (χ4v) is 1.58. The number of hydrogen-bond donors (Lipinski definition) is 2. The van der Waals surface area contributed by atoms with Crippen LogP contribution >= 0.6 is 0 Å². The molecular weight excluding hydrogens is 216 g/mol. The Labute approximate surface area is 105 Å². The molecule has 0 aromatic carbocycles. The van der Waals surface area contributed by atoms with Gasteiger partial charge in [-0.1, -0.05) is 13.8 Å². The van der Waals surface area contributed by atoms with Crippen LogP contribution in [0.25, 0.3) is 0 Å². The van der Waals surface area contributed by atoms with E-state index in [2.05, 4.69) is 19.2 Å². The molecule has 0 spiro atoms. The molecule has 0 aromatic rings. The lowest BCUT2D eigenvalue weighted by Gasteiger charge is -2.17. The van der Waals surface area contributed by atoms with E-state index < -0.39 is 0 Å². The predicted octanol–water partition coefficient (Wildman–Crippen LogP) is 1.39. The van der Waals surface area contributed by atoms with Crippen LogP contribution in [0.1, 0.15) is 46.0 Å². The second kappa shape index (κ2) is 10.5. The summed E-state index contributed by atoms with van der Waals surface area (Å²) in [5.74, 6) is 0.222. The Morgan fingerprint density at radius 3 is 2.53 bits per heavy atom. The van der Waals surface area contributed by atoms with Gasteiger partial charge in [-0.15, -0.1) is 0 Å². The van der Waals surface area contributed by atoms with Crippen molar-refractivity contribution in [2.45, 2.75) is 52.0 Å². The molecule has 0 unspecified atom stereocenters. The van der Waals surface area contributed by atoms with E-state index in [1.165, 1.54) is 0 Å². The predicted molar refractivity (Wildman–Crippen MR) is 70.9 cm³/mol. The molecule has 1 amide bonds. The number of rotatable bonds is 10. The van der Waals surface area contributed by atoms with E-state index in [0.29, 0.717) is 12.5 Å². The number of aliphatic hydroxyl groups is 1. The molecule has 4 nitrogen and oxygen atoms in total. The van der Waals surface area contributed by atoms with E-state index in [4.69, 9.17) is 5.11 Å². The van der Waals surface area contributed by atoms with E-state index in [9.17, 15) is 4.79 Å². The van der Waals surface area contributed by atoms with Gasteiger partial charge in [-0.3, -0.25) is 4.79 Å². The Morgan fingerprint density at radius 1 is 1.24 bits per heavy atom. The Hall–Kier alpha value is -0.610. The van der Waals surface area contributed by atoms with Crippen molar-refractivity contribution < 1.29 is 9.90 Å². The molecule has 0 fully saturated rings. The number of unbranched alkanes of at least 4 members (excludes halogenated alkanes) is 2. The summed E-state index contributed by atoms with van der Waals surface area (Å²) in [6.45, 7) is 6.17. The summed E-state index contributed by atoms with van der Waals surface area (Å²) in [6.07, 6.45) is 4.32. The lowest BCUT2D eigenvalue weighted by Crippen LogP contribution is -2.29. The number of carbonyl (C=O) groups is 1. The monoisotopic (exact) mass is 244 g/mol. The van der Waals surface area contributed by atoms with Crippen LogP contribution in [0, 0.1) is 0 Å². The second-order valence-electron chi connectivity index (χ2n) is 4.81. The first-order chi connectivity index (χ1) is 8.07. The zero-order valence-corrected chi connectivity index (χ0v) is 11.5. The van der Waals surface area contributed by atoms with Crippen LogP contribution in [0.15, 0.2) is 0 Å². The molecule has 4 heteroatoms. The van der Waals surface area contributed by atoms with Crippen LogP contribution in [0.5, 0.6) is 0 Å². The Kier molecular flexibility index (Phi) is 10.2. The summed E-state index contributed by atoms with van der Waals surface area (Å²) in [7, 11) is 1.86. The SMILES string of the molecule is CC(C)NCCCC(=O)N(C)CCCCCO. The van der Waals surface area contributed by atoms with Gasteiger partial charge in [0.1, 0.15) is 0 Å². The molecule has 0 rings (SSSR count). The molecule has 0 saturated carbocycles. The van der Waals surface area contributed by atoms with Crippen molar-refractivity contribution in [3.63, 3.8) is 0 Å². The summed E-state index contributed by atoms with van der Waals surface area (Å²) in [5, 5.41) is 11.9. The third-order valence-electron chi connectivity index (χ3n) is 2.70. The first kappa shape index (κ1) is 16.4. The highest BCUT2D eigenvalue weighted by Crippen LogP contribution is 2.00. The fourth-order valence-electron chi connectivity index (χ4n) is 1.58. The van der Waals surface area contributed by atoms with Gasteiger partial charge >= 0.3 is 0 Å². The summed E-state index contributed by atoms with van der Waals surface area (Å²) in [5.41, 5.74) is 0. The average molecular weight is 244 g/mol. The first-order valence-electron chi connectivity index (χ1n) is 6.66. The third-order valence-corrected chi connectivity index (χ3v) is 2.70. The highest BCUT2D eigenvalue weighted by molar-refractivity contribution is 5.75. The molecule has 0 radical (unpaired) electrons. The molecule has 0 bridgehead atoms. The molecule has 0 aliphatic rings. The molecule has 0 aromatic heterocycles. The number of hydrogen-bond acceptors (Lipinski definition) is 3. The maximum Gasteiger partial charge on any atom is 0.222 e.